The molecule has 0 fully saturated rings. The molecule has 0 saturated carbocycles. The van der Waals surface area contributed by atoms with Crippen molar-refractivity contribution < 1.29 is 13.2 Å². The molecule has 5 heteroatoms. The highest BCUT2D eigenvalue weighted by Gasteiger charge is 2.30. The highest BCUT2D eigenvalue weighted by atomic mass is 19.4. The van der Waals surface area contributed by atoms with Crippen molar-refractivity contribution in [3.8, 4) is 11.3 Å². The van der Waals surface area contributed by atoms with E-state index in [2.05, 4.69) is 4.98 Å². The Morgan fingerprint density at radius 2 is 1.74 bits per heavy atom. The molecule has 0 saturated heterocycles. The molecule has 1 aromatic carbocycles. The van der Waals surface area contributed by atoms with Crippen LogP contribution in [0.2, 0.25) is 0 Å². The van der Waals surface area contributed by atoms with Gasteiger partial charge in [0.15, 0.2) is 0 Å². The first-order chi connectivity index (χ1) is 9.02. The lowest BCUT2D eigenvalue weighted by Gasteiger charge is -2.10. The van der Waals surface area contributed by atoms with Gasteiger partial charge in [0.25, 0.3) is 0 Å². The third-order valence-corrected chi connectivity index (χ3v) is 2.79. The zero-order valence-corrected chi connectivity index (χ0v) is 10.1. The van der Waals surface area contributed by atoms with E-state index in [-0.39, 0.29) is 0 Å². The number of hydrogen-bond donors (Lipinski definition) is 1. The molecule has 0 aliphatic rings. The highest BCUT2D eigenvalue weighted by molar-refractivity contribution is 5.63. The van der Waals surface area contributed by atoms with Crippen molar-refractivity contribution in [3.05, 3.63) is 53.7 Å². The molecular formula is C14H13F3N2. The van der Waals surface area contributed by atoms with Crippen LogP contribution < -0.4 is 5.73 Å². The first-order valence-electron chi connectivity index (χ1n) is 5.84. The van der Waals surface area contributed by atoms with Crippen LogP contribution in [0.5, 0.6) is 0 Å². The Kier molecular flexibility index (Phi) is 3.85. The van der Waals surface area contributed by atoms with Crippen molar-refractivity contribution >= 4 is 0 Å². The zero-order valence-electron chi connectivity index (χ0n) is 10.1. The maximum absolute atomic E-state index is 12.5. The van der Waals surface area contributed by atoms with Gasteiger partial charge in [-0.05, 0) is 36.7 Å². The largest absolute Gasteiger partial charge is 0.416 e. The molecule has 0 radical (unpaired) electrons. The van der Waals surface area contributed by atoms with E-state index < -0.39 is 11.7 Å². The zero-order chi connectivity index (χ0) is 13.9. The average Bonchev–Trinajstić information content (AvgIpc) is 2.39. The Bertz CT molecular complexity index is 547. The summed E-state index contributed by atoms with van der Waals surface area (Å²) in [6.45, 7) is 0.472. The first kappa shape index (κ1) is 13.5. The van der Waals surface area contributed by atoms with Crippen LogP contribution in [-0.2, 0) is 12.6 Å². The van der Waals surface area contributed by atoms with Crippen molar-refractivity contribution in [1.29, 1.82) is 0 Å². The third kappa shape index (κ3) is 3.12. The van der Waals surface area contributed by atoms with Gasteiger partial charge in [-0.25, -0.2) is 0 Å². The Hall–Kier alpha value is -1.88. The minimum absolute atomic E-state index is 0.472. The smallest absolute Gasteiger partial charge is 0.330 e. The number of pyridine rings is 1. The lowest BCUT2D eigenvalue weighted by Crippen LogP contribution is -2.06. The fourth-order valence-electron chi connectivity index (χ4n) is 1.87. The summed E-state index contributed by atoms with van der Waals surface area (Å²) < 4.78 is 37.5. The summed E-state index contributed by atoms with van der Waals surface area (Å²) in [4.78, 5) is 4.22. The van der Waals surface area contributed by atoms with Gasteiger partial charge in [-0.3, -0.25) is 4.98 Å². The third-order valence-electron chi connectivity index (χ3n) is 2.79. The summed E-state index contributed by atoms with van der Waals surface area (Å²) in [7, 11) is 0. The molecular weight excluding hydrogens is 253 g/mol. The quantitative estimate of drug-likeness (QED) is 0.926. The van der Waals surface area contributed by atoms with E-state index in [1.807, 2.05) is 6.07 Å². The van der Waals surface area contributed by atoms with Crippen LogP contribution in [0.25, 0.3) is 11.3 Å². The monoisotopic (exact) mass is 266 g/mol. The van der Waals surface area contributed by atoms with E-state index in [0.717, 1.165) is 17.7 Å². The van der Waals surface area contributed by atoms with Crippen LogP contribution in [-0.4, -0.2) is 11.5 Å². The molecule has 0 aliphatic heterocycles. The van der Waals surface area contributed by atoms with Gasteiger partial charge >= 0.3 is 6.18 Å². The number of nitrogens with two attached hydrogens (primary N) is 1. The lowest BCUT2D eigenvalue weighted by molar-refractivity contribution is -0.137. The summed E-state index contributed by atoms with van der Waals surface area (Å²) in [5.74, 6) is 0. The molecule has 1 aromatic heterocycles. The van der Waals surface area contributed by atoms with Gasteiger partial charge < -0.3 is 5.73 Å². The van der Waals surface area contributed by atoms with Gasteiger partial charge in [0, 0.05) is 11.8 Å². The molecule has 0 atom stereocenters. The summed E-state index contributed by atoms with van der Waals surface area (Å²) in [5, 5.41) is 0. The molecule has 1 heterocycles. The topological polar surface area (TPSA) is 38.9 Å². The lowest BCUT2D eigenvalue weighted by atomic mass is 10.0. The van der Waals surface area contributed by atoms with E-state index in [1.54, 1.807) is 12.3 Å². The molecule has 0 amide bonds. The maximum atomic E-state index is 12.5. The normalized spacial score (nSPS) is 11.6. The van der Waals surface area contributed by atoms with E-state index in [4.69, 9.17) is 5.73 Å². The summed E-state index contributed by atoms with van der Waals surface area (Å²) in [5.41, 5.74) is 7.13. The Morgan fingerprint density at radius 3 is 2.32 bits per heavy atom. The van der Waals surface area contributed by atoms with Gasteiger partial charge in [-0.2, -0.15) is 13.2 Å². The fraction of sp³-hybridized carbons (Fsp3) is 0.214. The minimum Gasteiger partial charge on any atom is -0.330 e. The number of nitrogens with zero attached hydrogens (tertiary/aromatic N) is 1. The van der Waals surface area contributed by atoms with Crippen LogP contribution in [0.4, 0.5) is 13.2 Å². The molecule has 0 unspecified atom stereocenters. The summed E-state index contributed by atoms with van der Waals surface area (Å²) >= 11 is 0. The molecule has 0 aliphatic carbocycles. The minimum atomic E-state index is -4.32. The number of halogens is 3. The van der Waals surface area contributed by atoms with Gasteiger partial charge in [-0.1, -0.05) is 18.2 Å². The van der Waals surface area contributed by atoms with Crippen molar-refractivity contribution in [2.75, 3.05) is 6.54 Å². The number of hydrogen-bond acceptors (Lipinski definition) is 2. The molecule has 2 aromatic rings. The second kappa shape index (κ2) is 5.40. The van der Waals surface area contributed by atoms with Crippen molar-refractivity contribution in [2.24, 2.45) is 5.73 Å². The van der Waals surface area contributed by atoms with Gasteiger partial charge in [0.2, 0.25) is 0 Å². The number of rotatable bonds is 3. The summed E-state index contributed by atoms with van der Waals surface area (Å²) in [6.07, 6.45) is -2.06. The van der Waals surface area contributed by atoms with Crippen LogP contribution in [0.3, 0.4) is 0 Å². The number of aromatic nitrogens is 1. The van der Waals surface area contributed by atoms with Crippen LogP contribution in [0, 0.1) is 0 Å². The number of benzene rings is 1. The van der Waals surface area contributed by atoms with E-state index in [9.17, 15) is 13.2 Å². The number of alkyl halides is 3. The predicted molar refractivity (Wildman–Crippen MR) is 67.4 cm³/mol. The molecule has 2 N–H and O–H groups in total. The average molecular weight is 266 g/mol. The second-order valence-electron chi connectivity index (χ2n) is 4.12. The van der Waals surface area contributed by atoms with Crippen molar-refractivity contribution in [1.82, 2.24) is 4.98 Å². The molecule has 2 nitrogen and oxygen atoms in total. The standard InChI is InChI=1S/C14H13F3N2/c15-14(16,17)12-5-3-11(4-6-12)13-10(7-8-18)2-1-9-19-13/h1-6,9H,7-8,18H2. The SMILES string of the molecule is NCCc1cccnc1-c1ccc(C(F)(F)F)cc1. The van der Waals surface area contributed by atoms with Gasteiger partial charge in [-0.15, -0.1) is 0 Å². The van der Waals surface area contributed by atoms with E-state index >= 15 is 0 Å². The summed E-state index contributed by atoms with van der Waals surface area (Å²) in [6, 6.07) is 8.67. The molecule has 0 spiro atoms. The highest BCUT2D eigenvalue weighted by Crippen LogP contribution is 2.31. The van der Waals surface area contributed by atoms with Crippen LogP contribution in [0.15, 0.2) is 42.6 Å². The Labute approximate surface area is 109 Å². The first-order valence-corrected chi connectivity index (χ1v) is 5.84. The van der Waals surface area contributed by atoms with Crippen LogP contribution >= 0.6 is 0 Å². The van der Waals surface area contributed by atoms with E-state index in [0.29, 0.717) is 24.2 Å². The second-order valence-corrected chi connectivity index (χ2v) is 4.12. The fourth-order valence-corrected chi connectivity index (χ4v) is 1.87. The van der Waals surface area contributed by atoms with Crippen molar-refractivity contribution in [3.63, 3.8) is 0 Å². The van der Waals surface area contributed by atoms with Crippen LogP contribution in [0.1, 0.15) is 11.1 Å². The van der Waals surface area contributed by atoms with E-state index in [1.165, 1.54) is 12.1 Å². The maximum Gasteiger partial charge on any atom is 0.416 e. The van der Waals surface area contributed by atoms with Crippen molar-refractivity contribution in [2.45, 2.75) is 12.6 Å². The molecule has 2 rings (SSSR count). The Morgan fingerprint density at radius 1 is 1.05 bits per heavy atom. The Balaban J connectivity index is 2.37. The van der Waals surface area contributed by atoms with Gasteiger partial charge in [0.1, 0.15) is 0 Å². The molecule has 19 heavy (non-hydrogen) atoms. The van der Waals surface area contributed by atoms with Gasteiger partial charge in [0.05, 0.1) is 11.3 Å². The predicted octanol–water partition coefficient (Wildman–Crippen LogP) is 3.27. The molecule has 100 valence electrons. The molecule has 0 bridgehead atoms.